The Kier molecular flexibility index (Phi) is 4.70. The molecule has 0 unspecified atom stereocenters. The predicted molar refractivity (Wildman–Crippen MR) is 83.6 cm³/mol. The van der Waals surface area contributed by atoms with Crippen molar-refractivity contribution in [2.45, 2.75) is 52.2 Å². The fourth-order valence-corrected chi connectivity index (χ4v) is 2.47. The van der Waals surface area contributed by atoms with Crippen LogP contribution < -0.4 is 10.2 Å². The first-order valence-electron chi connectivity index (χ1n) is 7.50. The maximum atomic E-state index is 11.9. The summed E-state index contributed by atoms with van der Waals surface area (Å²) in [5, 5.41) is 2.96. The molecule has 0 aromatic carbocycles. The van der Waals surface area contributed by atoms with Crippen LogP contribution in [-0.2, 0) is 4.74 Å². The van der Waals surface area contributed by atoms with Crippen molar-refractivity contribution in [1.29, 1.82) is 0 Å². The van der Waals surface area contributed by atoms with E-state index in [-0.39, 0.29) is 12.1 Å². The second-order valence-corrected chi connectivity index (χ2v) is 6.62. The zero-order valence-electron chi connectivity index (χ0n) is 13.3. The number of amides is 1. The van der Waals surface area contributed by atoms with E-state index in [1.54, 1.807) is 0 Å². The minimum absolute atomic E-state index is 0.107. The van der Waals surface area contributed by atoms with Crippen molar-refractivity contribution in [3.63, 3.8) is 0 Å². The monoisotopic (exact) mass is 291 g/mol. The quantitative estimate of drug-likeness (QED) is 0.910. The van der Waals surface area contributed by atoms with E-state index in [0.717, 1.165) is 31.7 Å². The van der Waals surface area contributed by atoms with E-state index >= 15 is 0 Å². The van der Waals surface area contributed by atoms with Gasteiger partial charge in [-0.25, -0.2) is 9.78 Å². The van der Waals surface area contributed by atoms with Crippen molar-refractivity contribution < 1.29 is 9.53 Å². The highest BCUT2D eigenvalue weighted by atomic mass is 16.6. The van der Waals surface area contributed by atoms with Crippen molar-refractivity contribution in [1.82, 2.24) is 10.3 Å². The van der Waals surface area contributed by atoms with E-state index in [1.165, 1.54) is 5.56 Å². The number of alkyl carbamates (subject to hydrolysis) is 1. The minimum atomic E-state index is -0.462. The molecule has 1 saturated heterocycles. The Labute approximate surface area is 126 Å². The van der Waals surface area contributed by atoms with E-state index in [2.05, 4.69) is 28.2 Å². The van der Waals surface area contributed by atoms with Crippen LogP contribution in [0.1, 0.15) is 39.2 Å². The molecule has 1 fully saturated rings. The molecule has 0 bridgehead atoms. The van der Waals surface area contributed by atoms with Crippen LogP contribution >= 0.6 is 0 Å². The van der Waals surface area contributed by atoms with Crippen LogP contribution in [0.15, 0.2) is 18.3 Å². The van der Waals surface area contributed by atoms with E-state index in [4.69, 9.17) is 4.74 Å². The van der Waals surface area contributed by atoms with Crippen molar-refractivity contribution in [3.05, 3.63) is 23.9 Å². The maximum Gasteiger partial charge on any atom is 0.407 e. The fourth-order valence-electron chi connectivity index (χ4n) is 2.47. The number of anilines is 1. The molecule has 0 spiro atoms. The lowest BCUT2D eigenvalue weighted by atomic mass is 10.1. The van der Waals surface area contributed by atoms with E-state index in [0.29, 0.717) is 0 Å². The zero-order valence-corrected chi connectivity index (χ0v) is 13.3. The van der Waals surface area contributed by atoms with Gasteiger partial charge in [0.25, 0.3) is 0 Å². The SMILES string of the molecule is Cc1ccnc(N2CCC[C@@H](NC(=O)OC(C)(C)C)C2)c1. The highest BCUT2D eigenvalue weighted by molar-refractivity contribution is 5.68. The lowest BCUT2D eigenvalue weighted by Gasteiger charge is -2.34. The average Bonchev–Trinajstić information content (AvgIpc) is 2.36. The van der Waals surface area contributed by atoms with Gasteiger partial charge in [-0.2, -0.15) is 0 Å². The van der Waals surface area contributed by atoms with Crippen molar-refractivity contribution in [2.24, 2.45) is 0 Å². The number of hydrogen-bond acceptors (Lipinski definition) is 4. The summed E-state index contributed by atoms with van der Waals surface area (Å²) in [6.45, 7) is 9.42. The molecular weight excluding hydrogens is 266 g/mol. The van der Waals surface area contributed by atoms with Crippen LogP contribution in [0.2, 0.25) is 0 Å². The van der Waals surface area contributed by atoms with Crippen molar-refractivity contribution >= 4 is 11.9 Å². The molecule has 1 aromatic heterocycles. The second-order valence-electron chi connectivity index (χ2n) is 6.62. The van der Waals surface area contributed by atoms with Crippen LogP contribution in [0.4, 0.5) is 10.6 Å². The first-order valence-corrected chi connectivity index (χ1v) is 7.50. The standard InChI is InChI=1S/C16H25N3O2/c1-12-7-8-17-14(10-12)19-9-5-6-13(11-19)18-15(20)21-16(2,3)4/h7-8,10,13H,5-6,9,11H2,1-4H3,(H,18,20)/t13-/m1/s1. The summed E-state index contributed by atoms with van der Waals surface area (Å²) in [7, 11) is 0. The minimum Gasteiger partial charge on any atom is -0.444 e. The van der Waals surface area contributed by atoms with Gasteiger partial charge in [-0.15, -0.1) is 0 Å². The van der Waals surface area contributed by atoms with Crippen molar-refractivity contribution in [3.8, 4) is 0 Å². The molecule has 2 heterocycles. The van der Waals surface area contributed by atoms with Crippen LogP contribution in [0.25, 0.3) is 0 Å². The molecule has 1 amide bonds. The Morgan fingerprint density at radius 3 is 2.90 bits per heavy atom. The molecule has 5 nitrogen and oxygen atoms in total. The Bertz CT molecular complexity index is 497. The van der Waals surface area contributed by atoms with Crippen LogP contribution in [0.3, 0.4) is 0 Å². The lowest BCUT2D eigenvalue weighted by Crippen LogP contribution is -2.49. The number of piperidine rings is 1. The number of pyridine rings is 1. The van der Waals surface area contributed by atoms with Crippen molar-refractivity contribution in [2.75, 3.05) is 18.0 Å². The smallest absolute Gasteiger partial charge is 0.407 e. The van der Waals surface area contributed by atoms with E-state index in [1.807, 2.05) is 33.0 Å². The van der Waals surface area contributed by atoms with Gasteiger partial charge in [0, 0.05) is 25.3 Å². The highest BCUT2D eigenvalue weighted by Gasteiger charge is 2.24. The first kappa shape index (κ1) is 15.6. The number of rotatable bonds is 2. The summed E-state index contributed by atoms with van der Waals surface area (Å²) >= 11 is 0. The summed E-state index contributed by atoms with van der Waals surface area (Å²) in [4.78, 5) is 18.5. The number of aromatic nitrogens is 1. The third-order valence-electron chi connectivity index (χ3n) is 3.37. The summed E-state index contributed by atoms with van der Waals surface area (Å²) in [5.74, 6) is 0.977. The van der Waals surface area contributed by atoms with Crippen LogP contribution in [-0.4, -0.2) is 35.8 Å². The van der Waals surface area contributed by atoms with Gasteiger partial charge in [0.2, 0.25) is 0 Å². The molecule has 2 rings (SSSR count). The molecular formula is C16H25N3O2. The van der Waals surface area contributed by atoms with Gasteiger partial charge in [-0.3, -0.25) is 0 Å². The van der Waals surface area contributed by atoms with Crippen LogP contribution in [0.5, 0.6) is 0 Å². The molecule has 1 aromatic rings. The fraction of sp³-hybridized carbons (Fsp3) is 0.625. The third-order valence-corrected chi connectivity index (χ3v) is 3.37. The summed E-state index contributed by atoms with van der Waals surface area (Å²) in [5.41, 5.74) is 0.735. The normalized spacial score (nSPS) is 19.2. The molecule has 5 heteroatoms. The number of hydrogen-bond donors (Lipinski definition) is 1. The molecule has 1 aliphatic rings. The molecule has 21 heavy (non-hydrogen) atoms. The molecule has 1 N–H and O–H groups in total. The van der Waals surface area contributed by atoms with Gasteiger partial charge in [-0.05, 0) is 58.2 Å². The highest BCUT2D eigenvalue weighted by Crippen LogP contribution is 2.19. The Balaban J connectivity index is 1.93. The van der Waals surface area contributed by atoms with Crippen LogP contribution in [0, 0.1) is 6.92 Å². The summed E-state index contributed by atoms with van der Waals surface area (Å²) in [6.07, 6.45) is 3.50. The number of aryl methyl sites for hydroxylation is 1. The lowest BCUT2D eigenvalue weighted by molar-refractivity contribution is 0.0500. The number of nitrogens with zero attached hydrogens (tertiary/aromatic N) is 2. The topological polar surface area (TPSA) is 54.5 Å². The number of ether oxygens (including phenoxy) is 1. The number of carbonyl (C=O) groups excluding carboxylic acids is 1. The molecule has 1 atom stereocenters. The van der Waals surface area contributed by atoms with Gasteiger partial charge in [0.05, 0.1) is 0 Å². The Morgan fingerprint density at radius 1 is 1.48 bits per heavy atom. The summed E-state index contributed by atoms with van der Waals surface area (Å²) in [6, 6.07) is 4.18. The molecule has 0 aliphatic carbocycles. The average molecular weight is 291 g/mol. The molecule has 0 radical (unpaired) electrons. The van der Waals surface area contributed by atoms with Gasteiger partial charge >= 0.3 is 6.09 Å². The zero-order chi connectivity index (χ0) is 15.5. The van der Waals surface area contributed by atoms with E-state index in [9.17, 15) is 4.79 Å². The maximum absolute atomic E-state index is 11.9. The first-order chi connectivity index (χ1) is 9.83. The Hall–Kier alpha value is -1.78. The predicted octanol–water partition coefficient (Wildman–Crippen LogP) is 2.88. The summed E-state index contributed by atoms with van der Waals surface area (Å²) < 4.78 is 5.32. The largest absolute Gasteiger partial charge is 0.444 e. The van der Waals surface area contributed by atoms with Gasteiger partial charge in [-0.1, -0.05) is 0 Å². The third kappa shape index (κ3) is 4.92. The van der Waals surface area contributed by atoms with E-state index < -0.39 is 5.60 Å². The molecule has 116 valence electrons. The van der Waals surface area contributed by atoms with Gasteiger partial charge < -0.3 is 15.0 Å². The number of nitrogens with one attached hydrogen (secondary N) is 1. The molecule has 0 saturated carbocycles. The molecule has 1 aliphatic heterocycles. The second kappa shape index (κ2) is 6.33. The van der Waals surface area contributed by atoms with Gasteiger partial charge in [0.1, 0.15) is 11.4 Å². The number of carbonyl (C=O) groups is 1. The Morgan fingerprint density at radius 2 is 2.24 bits per heavy atom. The van der Waals surface area contributed by atoms with Gasteiger partial charge in [0.15, 0.2) is 0 Å².